The van der Waals surface area contributed by atoms with Crippen LogP contribution in [0.2, 0.25) is 5.15 Å². The fourth-order valence-electron chi connectivity index (χ4n) is 1.12. The topological polar surface area (TPSA) is 70.1 Å². The summed E-state index contributed by atoms with van der Waals surface area (Å²) in [4.78, 5) is 7.93. The first-order valence-corrected chi connectivity index (χ1v) is 5.52. The highest BCUT2D eigenvalue weighted by Crippen LogP contribution is 2.25. The van der Waals surface area contributed by atoms with E-state index in [1.165, 1.54) is 6.33 Å². The van der Waals surface area contributed by atoms with E-state index in [4.69, 9.17) is 11.6 Å². The molecule has 0 aliphatic carbocycles. The van der Waals surface area contributed by atoms with Crippen LogP contribution in [0.25, 0.3) is 0 Å². The summed E-state index contributed by atoms with van der Waals surface area (Å²) >= 11 is 5.90. The lowest BCUT2D eigenvalue weighted by Crippen LogP contribution is -2.32. The Morgan fingerprint density at radius 3 is 2.75 bits per heavy atom. The van der Waals surface area contributed by atoms with Gasteiger partial charge in [0, 0.05) is 13.6 Å². The Hall–Kier alpha value is -1.07. The van der Waals surface area contributed by atoms with Gasteiger partial charge in [0.25, 0.3) is 0 Å². The predicted molar refractivity (Wildman–Crippen MR) is 66.0 cm³/mol. The zero-order valence-corrected chi connectivity index (χ0v) is 10.5. The number of hydrogen-bond acceptors (Lipinski definition) is 5. The van der Waals surface area contributed by atoms with Crippen molar-refractivity contribution in [1.29, 1.82) is 0 Å². The van der Waals surface area contributed by atoms with Crippen molar-refractivity contribution >= 4 is 23.1 Å². The molecule has 1 atom stereocenters. The fraction of sp³-hybridized carbons (Fsp3) is 0.600. The fourth-order valence-corrected chi connectivity index (χ4v) is 1.35. The van der Waals surface area contributed by atoms with E-state index in [9.17, 15) is 5.11 Å². The van der Waals surface area contributed by atoms with E-state index in [0.29, 0.717) is 29.6 Å². The molecule has 0 bridgehead atoms. The van der Waals surface area contributed by atoms with Crippen LogP contribution in [0, 0.1) is 0 Å². The maximum absolute atomic E-state index is 9.86. The number of rotatable bonds is 5. The van der Waals surface area contributed by atoms with Crippen molar-refractivity contribution in [2.75, 3.05) is 24.2 Å². The summed E-state index contributed by atoms with van der Waals surface area (Å²) in [5, 5.41) is 16.2. The predicted octanol–water partition coefficient (Wildman–Crippen LogP) is 1.74. The van der Waals surface area contributed by atoms with Crippen LogP contribution in [-0.2, 0) is 0 Å². The van der Waals surface area contributed by atoms with Gasteiger partial charge in [-0.25, -0.2) is 9.97 Å². The number of aromatic nitrogens is 2. The molecule has 3 N–H and O–H groups in total. The highest BCUT2D eigenvalue weighted by atomic mass is 35.5. The standard InChI is InChI=1S/C10H17ClN4O/c1-4-10(2,16)5-13-9-7(12-3)8(11)14-6-15-9/h6,12,16H,4-5H2,1-3H3,(H,13,14,15). The zero-order chi connectivity index (χ0) is 12.2. The third-order valence-corrected chi connectivity index (χ3v) is 2.74. The molecule has 1 aromatic heterocycles. The molecule has 1 heterocycles. The van der Waals surface area contributed by atoms with Gasteiger partial charge >= 0.3 is 0 Å². The molecule has 0 saturated carbocycles. The number of nitrogens with one attached hydrogen (secondary N) is 2. The Kier molecular flexibility index (Phi) is 4.32. The molecule has 0 radical (unpaired) electrons. The molecule has 1 unspecified atom stereocenters. The summed E-state index contributed by atoms with van der Waals surface area (Å²) in [7, 11) is 1.74. The number of hydrogen-bond donors (Lipinski definition) is 3. The number of nitrogens with zero attached hydrogens (tertiary/aromatic N) is 2. The lowest BCUT2D eigenvalue weighted by atomic mass is 10.0. The van der Waals surface area contributed by atoms with Gasteiger partial charge in [0.1, 0.15) is 12.0 Å². The molecule has 0 amide bonds. The second kappa shape index (κ2) is 5.32. The monoisotopic (exact) mass is 244 g/mol. The van der Waals surface area contributed by atoms with Crippen LogP contribution < -0.4 is 10.6 Å². The highest BCUT2D eigenvalue weighted by Gasteiger charge is 2.18. The van der Waals surface area contributed by atoms with Crippen molar-refractivity contribution in [3.63, 3.8) is 0 Å². The van der Waals surface area contributed by atoms with Crippen LogP contribution in [0.4, 0.5) is 11.5 Å². The van der Waals surface area contributed by atoms with Crippen molar-refractivity contribution in [1.82, 2.24) is 9.97 Å². The minimum absolute atomic E-state index is 0.358. The van der Waals surface area contributed by atoms with E-state index in [1.807, 2.05) is 6.92 Å². The average Bonchev–Trinajstić information content (AvgIpc) is 2.26. The van der Waals surface area contributed by atoms with E-state index in [-0.39, 0.29) is 0 Å². The van der Waals surface area contributed by atoms with Gasteiger partial charge in [0.15, 0.2) is 11.0 Å². The second-order valence-electron chi connectivity index (χ2n) is 3.84. The molecule has 0 aromatic carbocycles. The Morgan fingerprint density at radius 2 is 2.19 bits per heavy atom. The Morgan fingerprint density at radius 1 is 1.50 bits per heavy atom. The largest absolute Gasteiger partial charge is 0.388 e. The normalized spacial score (nSPS) is 14.3. The Labute approximate surface area is 100 Å². The molecule has 90 valence electrons. The maximum atomic E-state index is 9.86. The molecule has 16 heavy (non-hydrogen) atoms. The van der Waals surface area contributed by atoms with Crippen LogP contribution in [0.5, 0.6) is 0 Å². The van der Waals surface area contributed by atoms with Gasteiger partial charge in [-0.15, -0.1) is 0 Å². The highest BCUT2D eigenvalue weighted by molar-refractivity contribution is 6.32. The Balaban J connectivity index is 2.78. The molecule has 0 spiro atoms. The van der Waals surface area contributed by atoms with Gasteiger partial charge in [0.05, 0.1) is 5.60 Å². The molecule has 0 aliphatic rings. The summed E-state index contributed by atoms with van der Waals surface area (Å²) in [5.74, 6) is 0.594. The van der Waals surface area contributed by atoms with Crippen molar-refractivity contribution in [2.45, 2.75) is 25.9 Å². The minimum Gasteiger partial charge on any atom is -0.388 e. The van der Waals surface area contributed by atoms with Crippen molar-refractivity contribution in [3.05, 3.63) is 11.5 Å². The molecule has 0 aliphatic heterocycles. The first-order chi connectivity index (χ1) is 7.50. The summed E-state index contributed by atoms with van der Waals surface area (Å²) in [6.07, 6.45) is 2.04. The minimum atomic E-state index is -0.761. The smallest absolute Gasteiger partial charge is 0.157 e. The summed E-state index contributed by atoms with van der Waals surface area (Å²) < 4.78 is 0. The number of halogens is 1. The molecule has 0 saturated heterocycles. The van der Waals surface area contributed by atoms with Crippen LogP contribution in [0.3, 0.4) is 0 Å². The van der Waals surface area contributed by atoms with Crippen LogP contribution in [0.1, 0.15) is 20.3 Å². The quantitative estimate of drug-likeness (QED) is 0.689. The molecule has 0 fully saturated rings. The van der Waals surface area contributed by atoms with E-state index < -0.39 is 5.60 Å². The van der Waals surface area contributed by atoms with E-state index in [2.05, 4.69) is 20.6 Å². The zero-order valence-electron chi connectivity index (χ0n) is 9.71. The van der Waals surface area contributed by atoms with E-state index in [0.717, 1.165) is 0 Å². The van der Waals surface area contributed by atoms with Gasteiger partial charge in [-0.05, 0) is 13.3 Å². The summed E-state index contributed by atoms with van der Waals surface area (Å²) in [6, 6.07) is 0. The van der Waals surface area contributed by atoms with Gasteiger partial charge in [0.2, 0.25) is 0 Å². The van der Waals surface area contributed by atoms with E-state index >= 15 is 0 Å². The Bertz CT molecular complexity index is 357. The first-order valence-electron chi connectivity index (χ1n) is 5.14. The molecule has 1 rings (SSSR count). The lowest BCUT2D eigenvalue weighted by molar-refractivity contribution is 0.0697. The first kappa shape index (κ1) is 13.0. The molecule has 6 heteroatoms. The molecular formula is C10H17ClN4O. The van der Waals surface area contributed by atoms with Crippen LogP contribution >= 0.6 is 11.6 Å². The van der Waals surface area contributed by atoms with Gasteiger partial charge in [-0.2, -0.15) is 0 Å². The van der Waals surface area contributed by atoms with Gasteiger partial charge in [-0.3, -0.25) is 0 Å². The SMILES string of the molecule is CCC(C)(O)CNc1ncnc(Cl)c1NC. The summed E-state index contributed by atoms with van der Waals surface area (Å²) in [5.41, 5.74) is -0.126. The molecule has 1 aromatic rings. The van der Waals surface area contributed by atoms with Crippen molar-refractivity contribution < 1.29 is 5.11 Å². The van der Waals surface area contributed by atoms with Crippen molar-refractivity contribution in [3.8, 4) is 0 Å². The molecule has 5 nitrogen and oxygen atoms in total. The second-order valence-corrected chi connectivity index (χ2v) is 4.20. The van der Waals surface area contributed by atoms with Crippen LogP contribution in [0.15, 0.2) is 6.33 Å². The number of aliphatic hydroxyl groups is 1. The third kappa shape index (κ3) is 3.21. The van der Waals surface area contributed by atoms with Crippen molar-refractivity contribution in [2.24, 2.45) is 0 Å². The third-order valence-electron chi connectivity index (χ3n) is 2.45. The van der Waals surface area contributed by atoms with Crippen LogP contribution in [-0.4, -0.2) is 34.3 Å². The van der Waals surface area contributed by atoms with Gasteiger partial charge in [-0.1, -0.05) is 18.5 Å². The average molecular weight is 245 g/mol. The molecular weight excluding hydrogens is 228 g/mol. The lowest BCUT2D eigenvalue weighted by Gasteiger charge is -2.22. The van der Waals surface area contributed by atoms with Gasteiger partial charge < -0.3 is 15.7 Å². The van der Waals surface area contributed by atoms with E-state index in [1.54, 1.807) is 14.0 Å². The summed E-state index contributed by atoms with van der Waals surface area (Å²) in [6.45, 7) is 4.10. The maximum Gasteiger partial charge on any atom is 0.157 e. The number of anilines is 2.